The largest absolute Gasteiger partial charge is 0.481 e. The van der Waals surface area contributed by atoms with Crippen LogP contribution in [0.15, 0.2) is 61.2 Å². The second-order valence-corrected chi connectivity index (χ2v) is 4.58. The van der Waals surface area contributed by atoms with E-state index in [9.17, 15) is 4.79 Å². The van der Waals surface area contributed by atoms with Gasteiger partial charge in [0.15, 0.2) is 6.10 Å². The van der Waals surface area contributed by atoms with Crippen molar-refractivity contribution in [3.05, 3.63) is 61.2 Å². The Balaban J connectivity index is 1.80. The molecule has 0 N–H and O–H groups in total. The highest BCUT2D eigenvalue weighted by Gasteiger charge is 2.16. The highest BCUT2D eigenvalue weighted by atomic mass is 16.5. The molecule has 0 spiro atoms. The average molecular weight is 266 g/mol. The Kier molecular flexibility index (Phi) is 3.21. The summed E-state index contributed by atoms with van der Waals surface area (Å²) in [7, 11) is 0. The predicted molar refractivity (Wildman–Crippen MR) is 76.9 cm³/mol. The molecule has 0 bridgehead atoms. The molecule has 0 saturated heterocycles. The van der Waals surface area contributed by atoms with Crippen LogP contribution in [-0.2, 0) is 0 Å². The van der Waals surface area contributed by atoms with E-state index in [-0.39, 0.29) is 5.91 Å². The Morgan fingerprint density at radius 1 is 1.20 bits per heavy atom. The van der Waals surface area contributed by atoms with Crippen LogP contribution in [0.3, 0.4) is 0 Å². The van der Waals surface area contributed by atoms with E-state index in [1.807, 2.05) is 42.5 Å². The van der Waals surface area contributed by atoms with Gasteiger partial charge < -0.3 is 4.74 Å². The first-order valence-corrected chi connectivity index (χ1v) is 6.42. The minimum absolute atomic E-state index is 0.143. The van der Waals surface area contributed by atoms with Gasteiger partial charge in [0.1, 0.15) is 12.1 Å². The summed E-state index contributed by atoms with van der Waals surface area (Å²) in [5.74, 6) is 0.542. The standard InChI is InChI=1S/C16H14N2O2/c1-12(16(19)18-9-8-17-11-18)20-15-7-6-13-4-2-3-5-14(13)10-15/h2-12H,1H3. The molecular weight excluding hydrogens is 252 g/mol. The molecule has 4 nitrogen and oxygen atoms in total. The number of carbonyl (C=O) groups excluding carboxylic acids is 1. The summed E-state index contributed by atoms with van der Waals surface area (Å²) < 4.78 is 7.13. The van der Waals surface area contributed by atoms with Gasteiger partial charge in [0.05, 0.1) is 0 Å². The number of nitrogens with zero attached hydrogens (tertiary/aromatic N) is 2. The lowest BCUT2D eigenvalue weighted by Gasteiger charge is -2.14. The third-order valence-electron chi connectivity index (χ3n) is 3.14. The smallest absolute Gasteiger partial charge is 0.272 e. The van der Waals surface area contributed by atoms with Crippen molar-refractivity contribution >= 4 is 16.7 Å². The normalized spacial score (nSPS) is 12.2. The number of hydrogen-bond acceptors (Lipinski definition) is 3. The van der Waals surface area contributed by atoms with Gasteiger partial charge in [-0.3, -0.25) is 9.36 Å². The molecule has 0 radical (unpaired) electrons. The van der Waals surface area contributed by atoms with Gasteiger partial charge in [0.25, 0.3) is 5.91 Å². The molecule has 3 rings (SSSR count). The van der Waals surface area contributed by atoms with Gasteiger partial charge in [-0.25, -0.2) is 4.98 Å². The number of rotatable bonds is 3. The van der Waals surface area contributed by atoms with Crippen LogP contribution in [0.1, 0.15) is 11.7 Å². The van der Waals surface area contributed by atoms with E-state index in [1.54, 1.807) is 19.3 Å². The lowest BCUT2D eigenvalue weighted by Crippen LogP contribution is -2.28. The summed E-state index contributed by atoms with van der Waals surface area (Å²) in [6.07, 6.45) is 4.09. The zero-order valence-electron chi connectivity index (χ0n) is 11.1. The third kappa shape index (κ3) is 2.40. The lowest BCUT2D eigenvalue weighted by molar-refractivity contribution is 0.0727. The van der Waals surface area contributed by atoms with Crippen LogP contribution < -0.4 is 4.74 Å². The van der Waals surface area contributed by atoms with Crippen LogP contribution in [0.5, 0.6) is 5.75 Å². The molecular formula is C16H14N2O2. The molecule has 0 aliphatic carbocycles. The summed E-state index contributed by atoms with van der Waals surface area (Å²) in [5, 5.41) is 2.24. The molecule has 0 aliphatic rings. The van der Waals surface area contributed by atoms with Crippen LogP contribution in [0.4, 0.5) is 0 Å². The van der Waals surface area contributed by atoms with E-state index in [2.05, 4.69) is 4.98 Å². The number of imidazole rings is 1. The highest BCUT2D eigenvalue weighted by molar-refractivity contribution is 5.85. The van der Waals surface area contributed by atoms with Crippen LogP contribution >= 0.6 is 0 Å². The molecule has 2 aromatic carbocycles. The Labute approximate surface area is 116 Å². The topological polar surface area (TPSA) is 44.1 Å². The van der Waals surface area contributed by atoms with Crippen LogP contribution in [0.25, 0.3) is 10.8 Å². The minimum Gasteiger partial charge on any atom is -0.481 e. The molecule has 1 unspecified atom stereocenters. The van der Waals surface area contributed by atoms with Crippen LogP contribution in [0.2, 0.25) is 0 Å². The zero-order chi connectivity index (χ0) is 13.9. The third-order valence-corrected chi connectivity index (χ3v) is 3.14. The predicted octanol–water partition coefficient (Wildman–Crippen LogP) is 3.14. The first-order valence-electron chi connectivity index (χ1n) is 6.42. The van der Waals surface area contributed by atoms with E-state index in [4.69, 9.17) is 4.74 Å². The van der Waals surface area contributed by atoms with Crippen molar-refractivity contribution in [2.24, 2.45) is 0 Å². The number of aromatic nitrogens is 2. The second kappa shape index (κ2) is 5.17. The quantitative estimate of drug-likeness (QED) is 0.731. The number of ether oxygens (including phenoxy) is 1. The molecule has 0 saturated carbocycles. The number of benzene rings is 2. The molecule has 1 heterocycles. The fraction of sp³-hybridized carbons (Fsp3) is 0.125. The van der Waals surface area contributed by atoms with Crippen molar-refractivity contribution in [3.8, 4) is 5.75 Å². The maximum atomic E-state index is 12.1. The van der Waals surface area contributed by atoms with Gasteiger partial charge in [-0.15, -0.1) is 0 Å². The highest BCUT2D eigenvalue weighted by Crippen LogP contribution is 2.21. The summed E-state index contributed by atoms with van der Waals surface area (Å²) >= 11 is 0. The van der Waals surface area contributed by atoms with Crippen LogP contribution in [0, 0.1) is 0 Å². The first kappa shape index (κ1) is 12.4. The van der Waals surface area contributed by atoms with Crippen molar-refractivity contribution in [2.75, 3.05) is 0 Å². The fourth-order valence-corrected chi connectivity index (χ4v) is 2.09. The van der Waals surface area contributed by atoms with Gasteiger partial charge in [0.2, 0.25) is 0 Å². The van der Waals surface area contributed by atoms with E-state index in [1.165, 1.54) is 10.9 Å². The molecule has 100 valence electrons. The van der Waals surface area contributed by atoms with Crippen molar-refractivity contribution < 1.29 is 9.53 Å². The maximum Gasteiger partial charge on any atom is 0.272 e. The monoisotopic (exact) mass is 266 g/mol. The van der Waals surface area contributed by atoms with Gasteiger partial charge in [-0.2, -0.15) is 0 Å². The van der Waals surface area contributed by atoms with Crippen molar-refractivity contribution in [1.29, 1.82) is 0 Å². The summed E-state index contributed by atoms with van der Waals surface area (Å²) in [6.45, 7) is 1.73. The van der Waals surface area contributed by atoms with Crippen molar-refractivity contribution in [3.63, 3.8) is 0 Å². The second-order valence-electron chi connectivity index (χ2n) is 4.58. The van der Waals surface area contributed by atoms with Gasteiger partial charge in [-0.05, 0) is 29.8 Å². The van der Waals surface area contributed by atoms with Crippen molar-refractivity contribution in [2.45, 2.75) is 13.0 Å². The van der Waals surface area contributed by atoms with Gasteiger partial charge >= 0.3 is 0 Å². The Morgan fingerprint density at radius 2 is 2.00 bits per heavy atom. The molecule has 4 heteroatoms. The molecule has 20 heavy (non-hydrogen) atoms. The molecule has 0 amide bonds. The SMILES string of the molecule is CC(Oc1ccc2ccccc2c1)C(=O)n1ccnc1. The van der Waals surface area contributed by atoms with E-state index in [0.29, 0.717) is 5.75 Å². The van der Waals surface area contributed by atoms with E-state index >= 15 is 0 Å². The fourth-order valence-electron chi connectivity index (χ4n) is 2.09. The summed E-state index contributed by atoms with van der Waals surface area (Å²) in [5.41, 5.74) is 0. The number of hydrogen-bond donors (Lipinski definition) is 0. The minimum atomic E-state index is -0.564. The van der Waals surface area contributed by atoms with Gasteiger partial charge in [0, 0.05) is 12.4 Å². The average Bonchev–Trinajstić information content (AvgIpc) is 3.00. The molecule has 1 aromatic heterocycles. The van der Waals surface area contributed by atoms with E-state index in [0.717, 1.165) is 10.8 Å². The molecule has 3 aromatic rings. The molecule has 1 atom stereocenters. The number of fused-ring (bicyclic) bond motifs is 1. The number of carbonyl (C=O) groups is 1. The van der Waals surface area contributed by atoms with E-state index < -0.39 is 6.10 Å². The van der Waals surface area contributed by atoms with Crippen LogP contribution in [-0.4, -0.2) is 21.6 Å². The Bertz CT molecular complexity index is 735. The lowest BCUT2D eigenvalue weighted by atomic mass is 10.1. The Hall–Kier alpha value is -2.62. The first-order chi connectivity index (χ1) is 9.74. The summed E-state index contributed by atoms with van der Waals surface area (Å²) in [4.78, 5) is 15.9. The molecule has 0 fully saturated rings. The Morgan fingerprint density at radius 3 is 2.75 bits per heavy atom. The van der Waals surface area contributed by atoms with Gasteiger partial charge in [-0.1, -0.05) is 30.3 Å². The zero-order valence-corrected chi connectivity index (χ0v) is 11.1. The molecule has 0 aliphatic heterocycles. The van der Waals surface area contributed by atoms with Crippen molar-refractivity contribution in [1.82, 2.24) is 9.55 Å². The maximum absolute atomic E-state index is 12.1. The summed E-state index contributed by atoms with van der Waals surface area (Å²) in [6, 6.07) is 13.8.